The van der Waals surface area contributed by atoms with Crippen LogP contribution in [0.2, 0.25) is 0 Å². The first-order valence-electron chi connectivity index (χ1n) is 8.76. The van der Waals surface area contributed by atoms with E-state index >= 15 is 0 Å². The Hall–Kier alpha value is 0.270. The van der Waals surface area contributed by atoms with Gasteiger partial charge >= 0.3 is 0 Å². The van der Waals surface area contributed by atoms with Crippen LogP contribution in [0.25, 0.3) is 0 Å². The van der Waals surface area contributed by atoms with Crippen molar-refractivity contribution in [1.82, 2.24) is 4.90 Å². The second-order valence-electron chi connectivity index (χ2n) is 7.96. The van der Waals surface area contributed by atoms with Crippen LogP contribution in [0.4, 0.5) is 0 Å². The summed E-state index contributed by atoms with van der Waals surface area (Å²) in [6, 6.07) is 1.25. The highest BCUT2D eigenvalue weighted by Crippen LogP contribution is 2.41. The fourth-order valence-corrected chi connectivity index (χ4v) is 4.90. The van der Waals surface area contributed by atoms with Gasteiger partial charge in [0.2, 0.25) is 0 Å². The highest BCUT2D eigenvalue weighted by atomic mass is 32.2. The fraction of sp³-hybridized carbons (Fsp3) is 1.00. The minimum Gasteiger partial charge on any atom is -0.329 e. The number of hydrogen-bond donors (Lipinski definition) is 1. The lowest BCUT2D eigenvalue weighted by molar-refractivity contribution is 0.0773. The van der Waals surface area contributed by atoms with Crippen molar-refractivity contribution in [3.63, 3.8) is 0 Å². The minimum atomic E-state index is 0.472. The van der Waals surface area contributed by atoms with Crippen molar-refractivity contribution in [2.75, 3.05) is 25.6 Å². The summed E-state index contributed by atoms with van der Waals surface area (Å²) in [5.41, 5.74) is 6.64. The molecule has 2 unspecified atom stereocenters. The van der Waals surface area contributed by atoms with Gasteiger partial charge in [-0.05, 0) is 62.7 Å². The van der Waals surface area contributed by atoms with Crippen molar-refractivity contribution in [2.45, 2.75) is 71.9 Å². The lowest BCUT2D eigenvalue weighted by Crippen LogP contribution is -2.50. The van der Waals surface area contributed by atoms with Gasteiger partial charge in [-0.15, -0.1) is 0 Å². The van der Waals surface area contributed by atoms with Crippen LogP contribution in [0.5, 0.6) is 0 Å². The Balaban J connectivity index is 2.61. The van der Waals surface area contributed by atoms with E-state index in [4.69, 9.17) is 5.73 Å². The number of thioether (sulfide) groups is 1. The molecule has 0 aromatic rings. The molecule has 3 heteroatoms. The molecule has 0 aromatic heterocycles. The molecule has 1 fully saturated rings. The second-order valence-corrected chi connectivity index (χ2v) is 8.87. The predicted molar refractivity (Wildman–Crippen MR) is 98.0 cm³/mol. The Morgan fingerprint density at radius 2 is 1.76 bits per heavy atom. The molecule has 0 amide bonds. The average Bonchev–Trinajstić information content (AvgIpc) is 2.45. The molecule has 2 N–H and O–H groups in total. The molecule has 1 aliphatic rings. The molecular formula is C18H38N2S. The molecule has 2 nitrogen and oxygen atoms in total. The molecule has 0 bridgehead atoms. The van der Waals surface area contributed by atoms with E-state index in [2.05, 4.69) is 45.9 Å². The maximum Gasteiger partial charge on any atom is 0.0246 e. The monoisotopic (exact) mass is 314 g/mol. The first kappa shape index (κ1) is 19.3. The van der Waals surface area contributed by atoms with E-state index in [0.717, 1.165) is 18.4 Å². The van der Waals surface area contributed by atoms with Crippen LogP contribution in [-0.4, -0.2) is 42.6 Å². The predicted octanol–water partition coefficient (Wildman–Crippen LogP) is 4.24. The maximum absolute atomic E-state index is 6.17. The number of rotatable bonds is 7. The van der Waals surface area contributed by atoms with E-state index in [0.29, 0.717) is 17.5 Å². The van der Waals surface area contributed by atoms with Gasteiger partial charge in [-0.2, -0.15) is 11.8 Å². The zero-order valence-corrected chi connectivity index (χ0v) is 16.0. The molecule has 1 aliphatic carbocycles. The van der Waals surface area contributed by atoms with E-state index in [-0.39, 0.29) is 0 Å². The SMILES string of the molecule is CCC(CSC)N(C)C(CN)C1CCC(C(C)(C)C)CC1. The molecule has 0 aromatic carbocycles. The number of likely N-dealkylation sites (N-methyl/N-ethyl adjacent to an activating group) is 1. The van der Waals surface area contributed by atoms with Gasteiger partial charge in [0.05, 0.1) is 0 Å². The summed E-state index contributed by atoms with van der Waals surface area (Å²) in [6.07, 6.45) is 8.94. The molecule has 0 spiro atoms. The largest absolute Gasteiger partial charge is 0.329 e. The summed E-state index contributed by atoms with van der Waals surface area (Å²) >= 11 is 1.96. The standard InChI is InChI=1S/C18H38N2S/c1-7-16(13-21-6)20(5)17(12-19)14-8-10-15(11-9-14)18(2,3)4/h14-17H,7-13,19H2,1-6H3. The number of nitrogens with zero attached hydrogens (tertiary/aromatic N) is 1. The van der Waals surface area contributed by atoms with Crippen LogP contribution in [-0.2, 0) is 0 Å². The Morgan fingerprint density at radius 1 is 1.19 bits per heavy atom. The molecular weight excluding hydrogens is 276 g/mol. The zero-order valence-electron chi connectivity index (χ0n) is 15.2. The Labute approximate surface area is 137 Å². The van der Waals surface area contributed by atoms with Crippen LogP contribution in [0.1, 0.15) is 59.8 Å². The van der Waals surface area contributed by atoms with Crippen molar-refractivity contribution in [3.8, 4) is 0 Å². The summed E-state index contributed by atoms with van der Waals surface area (Å²) in [6.45, 7) is 10.3. The number of hydrogen-bond acceptors (Lipinski definition) is 3. The third kappa shape index (κ3) is 5.44. The van der Waals surface area contributed by atoms with Crippen molar-refractivity contribution < 1.29 is 0 Å². The smallest absolute Gasteiger partial charge is 0.0246 e. The molecule has 1 saturated carbocycles. The van der Waals surface area contributed by atoms with Gasteiger partial charge in [0.15, 0.2) is 0 Å². The first-order chi connectivity index (χ1) is 9.85. The van der Waals surface area contributed by atoms with Crippen molar-refractivity contribution in [2.24, 2.45) is 23.0 Å². The Morgan fingerprint density at radius 3 is 2.14 bits per heavy atom. The summed E-state index contributed by atoms with van der Waals surface area (Å²) < 4.78 is 0. The lowest BCUT2D eigenvalue weighted by Gasteiger charge is -2.43. The average molecular weight is 315 g/mol. The molecule has 0 saturated heterocycles. The molecule has 0 aliphatic heterocycles. The van der Waals surface area contributed by atoms with E-state index < -0.39 is 0 Å². The van der Waals surface area contributed by atoms with Gasteiger partial charge in [0.25, 0.3) is 0 Å². The van der Waals surface area contributed by atoms with E-state index in [1.54, 1.807) is 0 Å². The molecule has 126 valence electrons. The fourth-order valence-electron chi connectivity index (χ4n) is 4.05. The van der Waals surface area contributed by atoms with E-state index in [9.17, 15) is 0 Å². The van der Waals surface area contributed by atoms with Crippen LogP contribution in [0.3, 0.4) is 0 Å². The summed E-state index contributed by atoms with van der Waals surface area (Å²) in [7, 11) is 2.30. The summed E-state index contributed by atoms with van der Waals surface area (Å²) in [5, 5.41) is 0. The Bertz CT molecular complexity index is 279. The topological polar surface area (TPSA) is 29.3 Å². The third-order valence-electron chi connectivity index (χ3n) is 5.71. The molecule has 2 atom stereocenters. The molecule has 1 rings (SSSR count). The second kappa shape index (κ2) is 8.79. The highest BCUT2D eigenvalue weighted by Gasteiger charge is 2.34. The van der Waals surface area contributed by atoms with Crippen molar-refractivity contribution >= 4 is 11.8 Å². The third-order valence-corrected chi connectivity index (χ3v) is 6.43. The minimum absolute atomic E-state index is 0.472. The van der Waals surface area contributed by atoms with Crippen LogP contribution < -0.4 is 5.73 Å². The normalized spacial score (nSPS) is 26.9. The van der Waals surface area contributed by atoms with Gasteiger partial charge in [-0.25, -0.2) is 0 Å². The zero-order chi connectivity index (χ0) is 16.0. The van der Waals surface area contributed by atoms with Crippen LogP contribution in [0, 0.1) is 17.3 Å². The van der Waals surface area contributed by atoms with Crippen molar-refractivity contribution in [1.29, 1.82) is 0 Å². The van der Waals surface area contributed by atoms with E-state index in [1.165, 1.54) is 37.9 Å². The van der Waals surface area contributed by atoms with Crippen LogP contribution in [0.15, 0.2) is 0 Å². The van der Waals surface area contributed by atoms with Gasteiger partial charge < -0.3 is 5.73 Å². The first-order valence-corrected chi connectivity index (χ1v) is 10.1. The Kier molecular flexibility index (Phi) is 8.08. The van der Waals surface area contributed by atoms with Gasteiger partial charge in [0.1, 0.15) is 0 Å². The highest BCUT2D eigenvalue weighted by molar-refractivity contribution is 7.98. The quantitative estimate of drug-likeness (QED) is 0.762. The number of nitrogens with two attached hydrogens (primary N) is 1. The molecule has 0 heterocycles. The molecule has 0 radical (unpaired) electrons. The van der Waals surface area contributed by atoms with Crippen molar-refractivity contribution in [3.05, 3.63) is 0 Å². The lowest BCUT2D eigenvalue weighted by atomic mass is 9.68. The van der Waals surface area contributed by atoms with Gasteiger partial charge in [-0.1, -0.05) is 27.7 Å². The molecule has 21 heavy (non-hydrogen) atoms. The van der Waals surface area contributed by atoms with Crippen LogP contribution >= 0.6 is 11.8 Å². The summed E-state index contributed by atoms with van der Waals surface area (Å²) in [4.78, 5) is 2.60. The summed E-state index contributed by atoms with van der Waals surface area (Å²) in [5.74, 6) is 2.92. The van der Waals surface area contributed by atoms with Gasteiger partial charge in [0, 0.05) is 24.4 Å². The van der Waals surface area contributed by atoms with E-state index in [1.807, 2.05) is 11.8 Å². The maximum atomic E-state index is 6.17. The van der Waals surface area contributed by atoms with Gasteiger partial charge in [-0.3, -0.25) is 4.90 Å².